The first kappa shape index (κ1) is 15.6. The fourth-order valence-electron chi connectivity index (χ4n) is 3.35. The number of benzene rings is 1. The van der Waals surface area contributed by atoms with Gasteiger partial charge >= 0.3 is 11.9 Å². The molecule has 0 bridgehead atoms. The number of esters is 2. The van der Waals surface area contributed by atoms with Gasteiger partial charge in [-0.25, -0.2) is 4.52 Å². The van der Waals surface area contributed by atoms with Crippen LogP contribution >= 0.6 is 0 Å². The Morgan fingerprint density at radius 1 is 1.16 bits per heavy atom. The standard InChI is InChI=1S/C19H18N2O4/c1-24-18(22)16(19(23)25-2)14-10-20-21-15(11-7-8-11)9-12-5-3-4-6-13(12)17(14)21/h3-6,9-11,16H,7-8H2,1-2H3. The molecular formula is C19H18N2O4. The molecule has 0 saturated heterocycles. The molecule has 0 aliphatic heterocycles. The number of rotatable bonds is 4. The van der Waals surface area contributed by atoms with E-state index < -0.39 is 17.9 Å². The van der Waals surface area contributed by atoms with Crippen LogP contribution in [0.3, 0.4) is 0 Å². The van der Waals surface area contributed by atoms with Crippen molar-refractivity contribution in [3.05, 3.63) is 47.8 Å². The van der Waals surface area contributed by atoms with Crippen molar-refractivity contribution in [2.45, 2.75) is 24.7 Å². The predicted octanol–water partition coefficient (Wildman–Crippen LogP) is 2.79. The van der Waals surface area contributed by atoms with Gasteiger partial charge in [-0.1, -0.05) is 24.3 Å². The van der Waals surface area contributed by atoms with Gasteiger partial charge in [0.25, 0.3) is 0 Å². The first-order valence-electron chi connectivity index (χ1n) is 8.20. The average molecular weight is 338 g/mol. The van der Waals surface area contributed by atoms with Crippen molar-refractivity contribution in [2.24, 2.45) is 0 Å². The van der Waals surface area contributed by atoms with E-state index in [-0.39, 0.29) is 0 Å². The molecule has 0 amide bonds. The molecule has 2 aromatic heterocycles. The van der Waals surface area contributed by atoms with Gasteiger partial charge in [-0.3, -0.25) is 9.59 Å². The third kappa shape index (κ3) is 2.45. The topological polar surface area (TPSA) is 69.9 Å². The molecule has 4 rings (SSSR count). The summed E-state index contributed by atoms with van der Waals surface area (Å²) in [5, 5.41) is 6.49. The van der Waals surface area contributed by atoms with Crippen molar-refractivity contribution >= 4 is 28.2 Å². The molecule has 128 valence electrons. The Kier molecular flexibility index (Phi) is 3.67. The van der Waals surface area contributed by atoms with Crippen LogP contribution in [0, 0.1) is 0 Å². The maximum atomic E-state index is 12.3. The van der Waals surface area contributed by atoms with Crippen molar-refractivity contribution in [1.82, 2.24) is 9.61 Å². The minimum absolute atomic E-state index is 0.467. The van der Waals surface area contributed by atoms with E-state index in [9.17, 15) is 9.59 Å². The van der Waals surface area contributed by atoms with Crippen molar-refractivity contribution in [3.8, 4) is 0 Å². The first-order valence-corrected chi connectivity index (χ1v) is 8.20. The number of aromatic nitrogens is 2. The van der Waals surface area contributed by atoms with Crippen molar-refractivity contribution in [1.29, 1.82) is 0 Å². The van der Waals surface area contributed by atoms with Crippen LogP contribution in [0.2, 0.25) is 0 Å². The maximum Gasteiger partial charge on any atom is 0.324 e. The van der Waals surface area contributed by atoms with Crippen LogP contribution in [0.5, 0.6) is 0 Å². The number of pyridine rings is 1. The van der Waals surface area contributed by atoms with Crippen LogP contribution in [0.1, 0.15) is 35.9 Å². The maximum absolute atomic E-state index is 12.3. The lowest BCUT2D eigenvalue weighted by Gasteiger charge is -2.13. The van der Waals surface area contributed by atoms with Crippen LogP contribution in [0.25, 0.3) is 16.3 Å². The normalized spacial score (nSPS) is 14.2. The van der Waals surface area contributed by atoms with Gasteiger partial charge in [0.05, 0.1) is 25.9 Å². The Morgan fingerprint density at radius 3 is 2.48 bits per heavy atom. The number of hydrogen-bond donors (Lipinski definition) is 0. The number of ether oxygens (including phenoxy) is 2. The predicted molar refractivity (Wildman–Crippen MR) is 91.4 cm³/mol. The highest BCUT2D eigenvalue weighted by atomic mass is 16.5. The number of fused-ring (bicyclic) bond motifs is 3. The molecule has 0 spiro atoms. The molecule has 6 nitrogen and oxygen atoms in total. The van der Waals surface area contributed by atoms with Crippen LogP contribution < -0.4 is 0 Å². The number of hydrogen-bond acceptors (Lipinski definition) is 5. The van der Waals surface area contributed by atoms with E-state index in [1.165, 1.54) is 14.2 Å². The summed E-state index contributed by atoms with van der Waals surface area (Å²) in [6.45, 7) is 0. The third-order valence-electron chi connectivity index (χ3n) is 4.74. The SMILES string of the molecule is COC(=O)C(C(=O)OC)c1cnn2c(C3CC3)cc3ccccc3c12. The second kappa shape index (κ2) is 5.88. The monoisotopic (exact) mass is 338 g/mol. The van der Waals surface area contributed by atoms with Gasteiger partial charge in [0, 0.05) is 22.6 Å². The molecule has 2 heterocycles. The summed E-state index contributed by atoms with van der Waals surface area (Å²) in [6, 6.07) is 10.0. The van der Waals surface area contributed by atoms with E-state index >= 15 is 0 Å². The van der Waals surface area contributed by atoms with Gasteiger partial charge in [-0.2, -0.15) is 5.10 Å². The first-order chi connectivity index (χ1) is 12.2. The van der Waals surface area contributed by atoms with Crippen molar-refractivity contribution < 1.29 is 19.1 Å². The summed E-state index contributed by atoms with van der Waals surface area (Å²) >= 11 is 0. The molecule has 6 heteroatoms. The molecule has 0 radical (unpaired) electrons. The zero-order valence-corrected chi connectivity index (χ0v) is 14.1. The minimum Gasteiger partial charge on any atom is -0.468 e. The zero-order chi connectivity index (χ0) is 17.6. The summed E-state index contributed by atoms with van der Waals surface area (Å²) in [7, 11) is 2.52. The summed E-state index contributed by atoms with van der Waals surface area (Å²) in [5.74, 6) is -1.98. The van der Waals surface area contributed by atoms with E-state index in [0.29, 0.717) is 11.5 Å². The van der Waals surface area contributed by atoms with Crippen LogP contribution in [0.15, 0.2) is 36.5 Å². The van der Waals surface area contributed by atoms with E-state index in [0.717, 1.165) is 34.8 Å². The Hall–Kier alpha value is -2.89. The molecule has 0 atom stereocenters. The molecule has 25 heavy (non-hydrogen) atoms. The second-order valence-corrected chi connectivity index (χ2v) is 6.27. The number of methoxy groups -OCH3 is 2. The molecule has 1 saturated carbocycles. The van der Waals surface area contributed by atoms with Gasteiger partial charge in [0.2, 0.25) is 0 Å². The van der Waals surface area contributed by atoms with Crippen LogP contribution in [0.4, 0.5) is 0 Å². The Balaban J connectivity index is 2.04. The summed E-state index contributed by atoms with van der Waals surface area (Å²) in [6.07, 6.45) is 3.83. The molecule has 1 aromatic carbocycles. The van der Waals surface area contributed by atoms with E-state index in [1.54, 1.807) is 6.20 Å². The molecule has 0 N–H and O–H groups in total. The number of nitrogens with zero attached hydrogens (tertiary/aromatic N) is 2. The second-order valence-electron chi connectivity index (χ2n) is 6.27. The highest BCUT2D eigenvalue weighted by molar-refractivity contribution is 6.06. The summed E-state index contributed by atoms with van der Waals surface area (Å²) in [5.41, 5.74) is 2.38. The fraction of sp³-hybridized carbons (Fsp3) is 0.316. The number of carbonyl (C=O) groups excluding carboxylic acids is 2. The Bertz CT molecular complexity index is 972. The van der Waals surface area contributed by atoms with Gasteiger partial charge < -0.3 is 9.47 Å². The quantitative estimate of drug-likeness (QED) is 0.540. The molecule has 1 aliphatic carbocycles. The highest BCUT2D eigenvalue weighted by Gasteiger charge is 2.35. The average Bonchev–Trinajstić information content (AvgIpc) is 3.40. The molecular weight excluding hydrogens is 320 g/mol. The third-order valence-corrected chi connectivity index (χ3v) is 4.74. The van der Waals surface area contributed by atoms with Crippen LogP contribution in [-0.2, 0) is 19.1 Å². The van der Waals surface area contributed by atoms with Crippen LogP contribution in [-0.4, -0.2) is 35.8 Å². The molecule has 0 unspecified atom stereocenters. The smallest absolute Gasteiger partial charge is 0.324 e. The van der Waals surface area contributed by atoms with Crippen molar-refractivity contribution in [3.63, 3.8) is 0 Å². The Morgan fingerprint density at radius 2 is 1.84 bits per heavy atom. The van der Waals surface area contributed by atoms with Crippen molar-refractivity contribution in [2.75, 3.05) is 14.2 Å². The number of carbonyl (C=O) groups is 2. The molecule has 3 aromatic rings. The highest BCUT2D eigenvalue weighted by Crippen LogP contribution is 2.42. The lowest BCUT2D eigenvalue weighted by molar-refractivity contribution is -0.154. The fourth-order valence-corrected chi connectivity index (χ4v) is 3.35. The minimum atomic E-state index is -1.15. The lowest BCUT2D eigenvalue weighted by atomic mass is 9.97. The van der Waals surface area contributed by atoms with Gasteiger partial charge in [-0.05, 0) is 24.3 Å². The Labute approximate surface area is 144 Å². The largest absolute Gasteiger partial charge is 0.468 e. The van der Waals surface area contributed by atoms with Gasteiger partial charge in [-0.15, -0.1) is 0 Å². The van der Waals surface area contributed by atoms with E-state index in [1.807, 2.05) is 28.8 Å². The molecule has 1 fully saturated rings. The van der Waals surface area contributed by atoms with E-state index in [2.05, 4.69) is 11.2 Å². The molecule has 1 aliphatic rings. The zero-order valence-electron chi connectivity index (χ0n) is 14.1. The lowest BCUT2D eigenvalue weighted by Crippen LogP contribution is -2.24. The van der Waals surface area contributed by atoms with Gasteiger partial charge in [0.1, 0.15) is 0 Å². The summed E-state index contributed by atoms with van der Waals surface area (Å²) < 4.78 is 11.5. The summed E-state index contributed by atoms with van der Waals surface area (Å²) in [4.78, 5) is 24.5. The van der Waals surface area contributed by atoms with E-state index in [4.69, 9.17) is 9.47 Å². The van der Waals surface area contributed by atoms with Gasteiger partial charge in [0.15, 0.2) is 5.92 Å².